The minimum Gasteiger partial charge on any atom is -0.358 e. The normalized spacial score (nSPS) is 10.2. The number of halogens is 1. The molecule has 0 aliphatic heterocycles. The number of nitrogens with zero attached hydrogens (tertiary/aromatic N) is 2. The SMILES string of the molecule is Cc1ccccc1NC(=O)c1n[nH]c([N+](=O)[O-])c1Br. The van der Waals surface area contributed by atoms with E-state index in [-0.39, 0.29) is 16.0 Å². The maximum absolute atomic E-state index is 12.0. The molecule has 19 heavy (non-hydrogen) atoms. The summed E-state index contributed by atoms with van der Waals surface area (Å²) < 4.78 is 0.0311. The molecule has 0 radical (unpaired) electrons. The van der Waals surface area contributed by atoms with E-state index in [2.05, 4.69) is 31.4 Å². The van der Waals surface area contributed by atoms with Gasteiger partial charge in [0.25, 0.3) is 5.91 Å². The van der Waals surface area contributed by atoms with Gasteiger partial charge in [0, 0.05) is 5.69 Å². The molecule has 7 nitrogen and oxygen atoms in total. The topological polar surface area (TPSA) is 101 Å². The van der Waals surface area contributed by atoms with Gasteiger partial charge < -0.3 is 15.4 Å². The van der Waals surface area contributed by atoms with Crippen molar-refractivity contribution in [3.8, 4) is 0 Å². The zero-order chi connectivity index (χ0) is 14.0. The summed E-state index contributed by atoms with van der Waals surface area (Å²) in [5, 5.41) is 19.1. The number of amides is 1. The molecule has 1 aromatic carbocycles. The second kappa shape index (κ2) is 5.19. The second-order valence-electron chi connectivity index (χ2n) is 3.76. The third kappa shape index (κ3) is 2.63. The van der Waals surface area contributed by atoms with Gasteiger partial charge in [-0.15, -0.1) is 5.10 Å². The van der Waals surface area contributed by atoms with Crippen molar-refractivity contribution in [1.82, 2.24) is 10.2 Å². The Bertz CT molecular complexity index is 653. The Morgan fingerprint density at radius 3 is 2.74 bits per heavy atom. The second-order valence-corrected chi connectivity index (χ2v) is 4.55. The van der Waals surface area contributed by atoms with E-state index in [0.29, 0.717) is 5.69 Å². The Kier molecular flexibility index (Phi) is 3.61. The Morgan fingerprint density at radius 1 is 1.47 bits per heavy atom. The molecule has 1 heterocycles. The van der Waals surface area contributed by atoms with Gasteiger partial charge in [-0.05, 0) is 39.4 Å². The molecule has 8 heteroatoms. The molecule has 0 spiro atoms. The first-order valence-electron chi connectivity index (χ1n) is 5.26. The van der Waals surface area contributed by atoms with Crippen LogP contribution in [0.4, 0.5) is 11.5 Å². The molecule has 0 saturated heterocycles. The van der Waals surface area contributed by atoms with Gasteiger partial charge in [-0.1, -0.05) is 23.3 Å². The highest BCUT2D eigenvalue weighted by Crippen LogP contribution is 2.26. The first kappa shape index (κ1) is 13.2. The Balaban J connectivity index is 2.26. The summed E-state index contributed by atoms with van der Waals surface area (Å²) in [6.07, 6.45) is 0. The van der Waals surface area contributed by atoms with Gasteiger partial charge >= 0.3 is 5.82 Å². The highest BCUT2D eigenvalue weighted by atomic mass is 79.9. The fourth-order valence-corrected chi connectivity index (χ4v) is 1.99. The van der Waals surface area contributed by atoms with E-state index in [1.807, 2.05) is 19.1 Å². The number of anilines is 1. The Morgan fingerprint density at radius 2 is 2.16 bits per heavy atom. The van der Waals surface area contributed by atoms with Crippen LogP contribution >= 0.6 is 15.9 Å². The van der Waals surface area contributed by atoms with E-state index in [1.165, 1.54) is 0 Å². The van der Waals surface area contributed by atoms with E-state index in [9.17, 15) is 14.9 Å². The van der Waals surface area contributed by atoms with Crippen LogP contribution in [0.2, 0.25) is 0 Å². The number of carbonyl (C=O) groups is 1. The lowest BCUT2D eigenvalue weighted by Crippen LogP contribution is -2.13. The number of hydrogen-bond donors (Lipinski definition) is 2. The predicted octanol–water partition coefficient (Wildman–Crippen LogP) is 2.64. The standard InChI is InChI=1S/C11H9BrN4O3/c1-6-4-2-3-5-7(6)13-11(17)9-8(12)10(15-14-9)16(18)19/h2-5H,1H3,(H,13,17)(H,14,15). The number of aromatic nitrogens is 2. The van der Waals surface area contributed by atoms with Crippen molar-refractivity contribution < 1.29 is 9.72 Å². The number of aryl methyl sites for hydroxylation is 1. The zero-order valence-corrected chi connectivity index (χ0v) is 11.4. The summed E-state index contributed by atoms with van der Waals surface area (Å²) in [5.41, 5.74) is 1.46. The zero-order valence-electron chi connectivity index (χ0n) is 9.81. The first-order chi connectivity index (χ1) is 9.00. The number of hydrogen-bond acceptors (Lipinski definition) is 4. The van der Waals surface area contributed by atoms with Gasteiger partial charge in [-0.3, -0.25) is 4.79 Å². The molecule has 2 aromatic rings. The first-order valence-corrected chi connectivity index (χ1v) is 6.05. The van der Waals surface area contributed by atoms with Crippen LogP contribution in [0.5, 0.6) is 0 Å². The number of aromatic amines is 1. The fraction of sp³-hybridized carbons (Fsp3) is 0.0909. The van der Waals surface area contributed by atoms with E-state index < -0.39 is 10.8 Å². The van der Waals surface area contributed by atoms with Crippen LogP contribution in [0, 0.1) is 17.0 Å². The van der Waals surface area contributed by atoms with E-state index in [4.69, 9.17) is 0 Å². The van der Waals surface area contributed by atoms with Crippen molar-refractivity contribution in [2.75, 3.05) is 5.32 Å². The summed E-state index contributed by atoms with van der Waals surface area (Å²) in [4.78, 5) is 22.0. The molecular formula is C11H9BrN4O3. The van der Waals surface area contributed by atoms with Crippen molar-refractivity contribution in [3.05, 3.63) is 50.1 Å². The fourth-order valence-electron chi connectivity index (χ4n) is 1.49. The van der Waals surface area contributed by atoms with Gasteiger partial charge in [-0.25, -0.2) is 0 Å². The van der Waals surface area contributed by atoms with Gasteiger partial charge in [0.1, 0.15) is 4.47 Å². The van der Waals surface area contributed by atoms with Crippen molar-refractivity contribution >= 4 is 33.3 Å². The highest BCUT2D eigenvalue weighted by Gasteiger charge is 2.24. The lowest BCUT2D eigenvalue weighted by Gasteiger charge is -2.05. The molecule has 0 aliphatic rings. The molecule has 1 amide bonds. The van der Waals surface area contributed by atoms with Crippen LogP contribution in [0.25, 0.3) is 0 Å². The maximum Gasteiger partial charge on any atom is 0.357 e. The number of nitro groups is 1. The average Bonchev–Trinajstić information content (AvgIpc) is 2.74. The number of benzene rings is 1. The monoisotopic (exact) mass is 324 g/mol. The molecule has 1 aromatic heterocycles. The minimum atomic E-state index is -0.651. The van der Waals surface area contributed by atoms with Crippen LogP contribution < -0.4 is 5.32 Å². The number of nitrogens with one attached hydrogen (secondary N) is 2. The molecular weight excluding hydrogens is 316 g/mol. The van der Waals surface area contributed by atoms with Crippen LogP contribution in [-0.4, -0.2) is 21.0 Å². The maximum atomic E-state index is 12.0. The summed E-state index contributed by atoms with van der Waals surface area (Å²) in [6.45, 7) is 1.84. The van der Waals surface area contributed by atoms with Crippen LogP contribution in [0.15, 0.2) is 28.7 Å². The van der Waals surface area contributed by atoms with Gasteiger partial charge in [0.2, 0.25) is 0 Å². The van der Waals surface area contributed by atoms with E-state index in [1.54, 1.807) is 12.1 Å². The molecule has 2 rings (SSSR count). The number of para-hydroxylation sites is 1. The Labute approximate surface area is 116 Å². The van der Waals surface area contributed by atoms with Gasteiger partial charge in [0.05, 0.1) is 0 Å². The van der Waals surface area contributed by atoms with Crippen molar-refractivity contribution in [1.29, 1.82) is 0 Å². The molecule has 98 valence electrons. The molecule has 0 bridgehead atoms. The minimum absolute atomic E-state index is 0.0311. The van der Waals surface area contributed by atoms with Crippen LogP contribution in [-0.2, 0) is 0 Å². The summed E-state index contributed by atoms with van der Waals surface area (Å²) in [7, 11) is 0. The van der Waals surface area contributed by atoms with E-state index in [0.717, 1.165) is 5.56 Å². The summed E-state index contributed by atoms with van der Waals surface area (Å²) in [6, 6.07) is 7.21. The summed E-state index contributed by atoms with van der Waals surface area (Å²) in [5.74, 6) is -0.875. The van der Waals surface area contributed by atoms with Gasteiger partial charge in [-0.2, -0.15) is 0 Å². The van der Waals surface area contributed by atoms with Crippen molar-refractivity contribution in [2.45, 2.75) is 6.92 Å². The number of carbonyl (C=O) groups excluding carboxylic acids is 1. The molecule has 0 aliphatic carbocycles. The molecule has 0 saturated carbocycles. The Hall–Kier alpha value is -2.22. The van der Waals surface area contributed by atoms with Gasteiger partial charge in [0.15, 0.2) is 5.69 Å². The lowest BCUT2D eigenvalue weighted by atomic mass is 10.2. The lowest BCUT2D eigenvalue weighted by molar-refractivity contribution is -0.390. The molecule has 0 fully saturated rings. The van der Waals surface area contributed by atoms with Crippen LogP contribution in [0.1, 0.15) is 16.1 Å². The largest absolute Gasteiger partial charge is 0.358 e. The van der Waals surface area contributed by atoms with Crippen LogP contribution in [0.3, 0.4) is 0 Å². The number of H-pyrrole nitrogens is 1. The quantitative estimate of drug-likeness (QED) is 0.669. The molecule has 0 unspecified atom stereocenters. The highest BCUT2D eigenvalue weighted by molar-refractivity contribution is 9.10. The van der Waals surface area contributed by atoms with Crippen molar-refractivity contribution in [3.63, 3.8) is 0 Å². The smallest absolute Gasteiger partial charge is 0.357 e. The molecule has 2 N–H and O–H groups in total. The van der Waals surface area contributed by atoms with Crippen molar-refractivity contribution in [2.24, 2.45) is 0 Å². The molecule has 0 atom stereocenters. The average molecular weight is 325 g/mol. The number of rotatable bonds is 3. The summed E-state index contributed by atoms with van der Waals surface area (Å²) >= 11 is 2.99. The third-order valence-electron chi connectivity index (χ3n) is 2.48. The predicted molar refractivity (Wildman–Crippen MR) is 72.1 cm³/mol. The van der Waals surface area contributed by atoms with E-state index >= 15 is 0 Å². The third-order valence-corrected chi connectivity index (χ3v) is 3.23.